The Labute approximate surface area is 116 Å². The Morgan fingerprint density at radius 3 is 3.05 bits per heavy atom. The molecule has 0 saturated carbocycles. The molecule has 2 heterocycles. The summed E-state index contributed by atoms with van der Waals surface area (Å²) in [7, 11) is 0. The Kier molecular flexibility index (Phi) is 3.35. The minimum absolute atomic E-state index is 0.101. The highest BCUT2D eigenvalue weighted by atomic mass is 32.2. The molecule has 0 unspecified atom stereocenters. The molecule has 0 aliphatic carbocycles. The van der Waals surface area contributed by atoms with E-state index < -0.39 is 0 Å². The van der Waals surface area contributed by atoms with Crippen LogP contribution in [0, 0.1) is 5.82 Å². The Bertz CT molecular complexity index is 781. The van der Waals surface area contributed by atoms with Gasteiger partial charge in [-0.25, -0.2) is 9.37 Å². The highest BCUT2D eigenvalue weighted by Crippen LogP contribution is 2.24. The summed E-state index contributed by atoms with van der Waals surface area (Å²) in [4.78, 5) is 17.4. The van der Waals surface area contributed by atoms with Gasteiger partial charge in [0.2, 0.25) is 0 Å². The second-order valence-corrected chi connectivity index (χ2v) is 5.75. The zero-order valence-electron chi connectivity index (χ0n) is 9.75. The largest absolute Gasteiger partial charge is 0.269 e. The highest BCUT2D eigenvalue weighted by molar-refractivity contribution is 7.98. The van der Waals surface area contributed by atoms with Gasteiger partial charge in [-0.3, -0.25) is 9.20 Å². The molecule has 0 bridgehead atoms. The summed E-state index contributed by atoms with van der Waals surface area (Å²) < 4.78 is 15.0. The number of aromatic nitrogens is 2. The molecule has 0 aliphatic heterocycles. The number of benzene rings is 1. The fourth-order valence-electron chi connectivity index (χ4n) is 1.68. The van der Waals surface area contributed by atoms with Crippen molar-refractivity contribution >= 4 is 28.1 Å². The predicted molar refractivity (Wildman–Crippen MR) is 75.3 cm³/mol. The molecular formula is C13H9FN2OS2. The molecule has 19 heavy (non-hydrogen) atoms. The molecule has 3 aromatic rings. The number of rotatable bonds is 3. The number of nitrogens with zero attached hydrogens (tertiary/aromatic N) is 2. The summed E-state index contributed by atoms with van der Waals surface area (Å²) in [5, 5.41) is 1.82. The summed E-state index contributed by atoms with van der Waals surface area (Å²) in [6.07, 6.45) is 1.70. The van der Waals surface area contributed by atoms with Gasteiger partial charge in [-0.15, -0.1) is 23.1 Å². The average Bonchev–Trinajstić information content (AvgIpc) is 2.87. The molecule has 2 aromatic heterocycles. The van der Waals surface area contributed by atoms with Crippen LogP contribution in [0.25, 0.3) is 4.96 Å². The average molecular weight is 292 g/mol. The number of thiazole rings is 1. The number of hydrogen-bond donors (Lipinski definition) is 0. The van der Waals surface area contributed by atoms with Crippen LogP contribution in [0.3, 0.4) is 0 Å². The van der Waals surface area contributed by atoms with E-state index in [1.807, 2.05) is 5.38 Å². The van der Waals surface area contributed by atoms with E-state index in [4.69, 9.17) is 0 Å². The second kappa shape index (κ2) is 5.14. The molecule has 0 fully saturated rings. The minimum atomic E-state index is -0.249. The Morgan fingerprint density at radius 1 is 1.37 bits per heavy atom. The lowest BCUT2D eigenvalue weighted by molar-refractivity contribution is 0.602. The summed E-state index contributed by atoms with van der Waals surface area (Å²) >= 11 is 2.75. The molecule has 1 aromatic carbocycles. The van der Waals surface area contributed by atoms with E-state index in [1.165, 1.54) is 39.6 Å². The van der Waals surface area contributed by atoms with E-state index in [9.17, 15) is 9.18 Å². The normalized spacial score (nSPS) is 11.0. The smallest absolute Gasteiger partial charge is 0.258 e. The van der Waals surface area contributed by atoms with E-state index >= 15 is 0 Å². The molecule has 0 saturated heterocycles. The van der Waals surface area contributed by atoms with Crippen molar-refractivity contribution in [3.63, 3.8) is 0 Å². The standard InChI is InChI=1S/C13H9FN2OS2/c14-10-3-1-2-4-11(10)19-8-9-7-12(17)16-5-6-18-13(16)15-9/h1-7H,8H2. The molecule has 0 amide bonds. The molecule has 0 N–H and O–H groups in total. The maximum Gasteiger partial charge on any atom is 0.258 e. The van der Waals surface area contributed by atoms with Crippen molar-refractivity contribution in [3.8, 4) is 0 Å². The van der Waals surface area contributed by atoms with Crippen LogP contribution >= 0.6 is 23.1 Å². The van der Waals surface area contributed by atoms with Crippen molar-refractivity contribution in [2.24, 2.45) is 0 Å². The third kappa shape index (κ3) is 2.54. The summed E-state index contributed by atoms with van der Waals surface area (Å²) in [5.41, 5.74) is 0.566. The van der Waals surface area contributed by atoms with Gasteiger partial charge in [0.05, 0.1) is 5.69 Å². The topological polar surface area (TPSA) is 34.4 Å². The van der Waals surface area contributed by atoms with Crippen LogP contribution in [0.1, 0.15) is 5.69 Å². The van der Waals surface area contributed by atoms with Crippen LogP contribution in [-0.2, 0) is 5.75 Å². The molecule has 0 spiro atoms. The van der Waals surface area contributed by atoms with Gasteiger partial charge in [0, 0.05) is 28.3 Å². The van der Waals surface area contributed by atoms with E-state index in [0.717, 1.165) is 0 Å². The summed E-state index contributed by atoms with van der Waals surface area (Å²) in [5.74, 6) is 0.228. The molecule has 3 nitrogen and oxygen atoms in total. The quantitative estimate of drug-likeness (QED) is 0.695. The molecule has 6 heteroatoms. The van der Waals surface area contributed by atoms with Gasteiger partial charge in [-0.2, -0.15) is 0 Å². The third-order valence-corrected chi connectivity index (χ3v) is 4.41. The summed E-state index contributed by atoms with van der Waals surface area (Å²) in [6.45, 7) is 0. The van der Waals surface area contributed by atoms with Crippen LogP contribution in [0.5, 0.6) is 0 Å². The Morgan fingerprint density at radius 2 is 2.21 bits per heavy atom. The number of halogens is 1. The van der Waals surface area contributed by atoms with Gasteiger partial charge in [-0.1, -0.05) is 12.1 Å². The van der Waals surface area contributed by atoms with Crippen LogP contribution in [0.2, 0.25) is 0 Å². The first-order valence-corrected chi connectivity index (χ1v) is 7.44. The van der Waals surface area contributed by atoms with Gasteiger partial charge in [-0.05, 0) is 12.1 Å². The van der Waals surface area contributed by atoms with Crippen LogP contribution in [-0.4, -0.2) is 9.38 Å². The number of hydrogen-bond acceptors (Lipinski definition) is 4. The maximum atomic E-state index is 13.5. The molecule has 0 atom stereocenters. The first kappa shape index (κ1) is 12.4. The fraction of sp³-hybridized carbons (Fsp3) is 0.0769. The van der Waals surface area contributed by atoms with Crippen molar-refractivity contribution in [2.75, 3.05) is 0 Å². The molecule has 0 aliphatic rings. The van der Waals surface area contributed by atoms with E-state index in [0.29, 0.717) is 21.3 Å². The van der Waals surface area contributed by atoms with Crippen molar-refractivity contribution in [1.82, 2.24) is 9.38 Å². The van der Waals surface area contributed by atoms with Gasteiger partial charge < -0.3 is 0 Å². The third-order valence-electron chi connectivity index (χ3n) is 2.57. The van der Waals surface area contributed by atoms with Gasteiger partial charge in [0.1, 0.15) is 5.82 Å². The van der Waals surface area contributed by atoms with Crippen LogP contribution < -0.4 is 5.56 Å². The van der Waals surface area contributed by atoms with Crippen molar-refractivity contribution in [3.05, 3.63) is 63.8 Å². The second-order valence-electron chi connectivity index (χ2n) is 3.86. The number of fused-ring (bicyclic) bond motifs is 1. The lowest BCUT2D eigenvalue weighted by Gasteiger charge is -2.02. The SMILES string of the molecule is O=c1cc(CSc2ccccc2F)nc2sccn12. The van der Waals surface area contributed by atoms with E-state index in [1.54, 1.807) is 24.4 Å². The first-order chi connectivity index (χ1) is 9.24. The zero-order valence-corrected chi connectivity index (χ0v) is 11.4. The molecule has 96 valence electrons. The van der Waals surface area contributed by atoms with Crippen molar-refractivity contribution in [1.29, 1.82) is 0 Å². The Hall–Kier alpha value is -1.66. The predicted octanol–water partition coefficient (Wildman–Crippen LogP) is 3.19. The highest BCUT2D eigenvalue weighted by Gasteiger charge is 2.06. The zero-order chi connectivity index (χ0) is 13.2. The monoisotopic (exact) mass is 292 g/mol. The lowest BCUT2D eigenvalue weighted by atomic mass is 10.3. The van der Waals surface area contributed by atoms with Crippen molar-refractivity contribution in [2.45, 2.75) is 10.6 Å². The van der Waals surface area contributed by atoms with Gasteiger partial charge >= 0.3 is 0 Å². The number of thioether (sulfide) groups is 1. The van der Waals surface area contributed by atoms with Crippen LogP contribution in [0.15, 0.2) is 51.6 Å². The van der Waals surface area contributed by atoms with E-state index in [2.05, 4.69) is 4.98 Å². The van der Waals surface area contributed by atoms with Gasteiger partial charge in [0.15, 0.2) is 4.96 Å². The lowest BCUT2D eigenvalue weighted by Crippen LogP contribution is -2.12. The van der Waals surface area contributed by atoms with Gasteiger partial charge in [0.25, 0.3) is 5.56 Å². The minimum Gasteiger partial charge on any atom is -0.269 e. The molecule has 0 radical (unpaired) electrons. The maximum absolute atomic E-state index is 13.5. The van der Waals surface area contributed by atoms with Crippen molar-refractivity contribution < 1.29 is 4.39 Å². The fourth-order valence-corrected chi connectivity index (χ4v) is 3.25. The molecular weight excluding hydrogens is 283 g/mol. The molecule has 3 rings (SSSR count). The Balaban J connectivity index is 1.86. The summed E-state index contributed by atoms with van der Waals surface area (Å²) in [6, 6.07) is 8.08. The van der Waals surface area contributed by atoms with Crippen LogP contribution in [0.4, 0.5) is 4.39 Å². The van der Waals surface area contributed by atoms with E-state index in [-0.39, 0.29) is 11.4 Å². The first-order valence-electron chi connectivity index (χ1n) is 5.57.